The summed E-state index contributed by atoms with van der Waals surface area (Å²) >= 11 is 5.87. The Morgan fingerprint density at radius 1 is 1.53 bits per heavy atom. The van der Waals surface area contributed by atoms with E-state index in [2.05, 4.69) is 32.4 Å². The average molecular weight is 252 g/mol. The fraction of sp³-hybridized carbons (Fsp3) is 0.545. The second kappa shape index (κ2) is 4.14. The molecule has 0 saturated heterocycles. The maximum Gasteiger partial charge on any atom is 0.226 e. The Morgan fingerprint density at radius 3 is 3.24 bits per heavy atom. The second-order valence-electron chi connectivity index (χ2n) is 4.51. The number of hydrogen-bond donors (Lipinski definition) is 2. The van der Waals surface area contributed by atoms with E-state index in [1.54, 1.807) is 6.20 Å². The van der Waals surface area contributed by atoms with Crippen molar-refractivity contribution in [2.45, 2.75) is 32.2 Å². The van der Waals surface area contributed by atoms with Crippen LogP contribution in [0.3, 0.4) is 0 Å². The molecule has 1 saturated carbocycles. The number of H-pyrrole nitrogens is 1. The first kappa shape index (κ1) is 10.8. The molecule has 6 heteroatoms. The molecule has 3 rings (SSSR count). The number of aromatic nitrogens is 4. The van der Waals surface area contributed by atoms with Crippen LogP contribution in [0.2, 0.25) is 5.28 Å². The summed E-state index contributed by atoms with van der Waals surface area (Å²) in [6, 6.07) is 0.527. The number of hydrogen-bond acceptors (Lipinski definition) is 4. The summed E-state index contributed by atoms with van der Waals surface area (Å²) < 4.78 is 0. The Kier molecular flexibility index (Phi) is 2.63. The van der Waals surface area contributed by atoms with Gasteiger partial charge >= 0.3 is 0 Å². The van der Waals surface area contributed by atoms with Crippen molar-refractivity contribution in [1.82, 2.24) is 20.2 Å². The van der Waals surface area contributed by atoms with Gasteiger partial charge in [0.15, 0.2) is 5.65 Å². The van der Waals surface area contributed by atoms with E-state index < -0.39 is 0 Å². The van der Waals surface area contributed by atoms with Crippen LogP contribution in [0, 0.1) is 5.92 Å². The van der Waals surface area contributed by atoms with Crippen LogP contribution in [-0.4, -0.2) is 26.2 Å². The topological polar surface area (TPSA) is 66.5 Å². The average Bonchev–Trinajstić information content (AvgIpc) is 2.85. The number of nitrogens with one attached hydrogen (secondary N) is 2. The molecule has 5 nitrogen and oxygen atoms in total. The van der Waals surface area contributed by atoms with E-state index in [1.807, 2.05) is 0 Å². The van der Waals surface area contributed by atoms with Gasteiger partial charge in [0.05, 0.1) is 11.6 Å². The van der Waals surface area contributed by atoms with Crippen molar-refractivity contribution >= 4 is 28.5 Å². The van der Waals surface area contributed by atoms with Crippen molar-refractivity contribution in [3.63, 3.8) is 0 Å². The van der Waals surface area contributed by atoms with E-state index >= 15 is 0 Å². The van der Waals surface area contributed by atoms with E-state index in [0.29, 0.717) is 11.7 Å². The highest BCUT2D eigenvalue weighted by Crippen LogP contribution is 2.37. The Balaban J connectivity index is 1.83. The van der Waals surface area contributed by atoms with Gasteiger partial charge in [0.25, 0.3) is 0 Å². The predicted octanol–water partition coefficient (Wildman–Crippen LogP) is 2.61. The zero-order valence-corrected chi connectivity index (χ0v) is 10.3. The third-order valence-electron chi connectivity index (χ3n) is 3.19. The third-order valence-corrected chi connectivity index (χ3v) is 3.36. The molecule has 1 aliphatic carbocycles. The van der Waals surface area contributed by atoms with E-state index in [9.17, 15) is 0 Å². The molecular formula is C11H14ClN5. The molecule has 0 bridgehead atoms. The first-order valence-corrected chi connectivity index (χ1v) is 6.29. The van der Waals surface area contributed by atoms with Crippen LogP contribution in [-0.2, 0) is 0 Å². The number of aromatic amines is 1. The van der Waals surface area contributed by atoms with E-state index in [0.717, 1.165) is 17.1 Å². The SMILES string of the molecule is CCCC1CC1Nc1nc(Cl)nc2[nH]ncc12. The van der Waals surface area contributed by atoms with Crippen LogP contribution in [0.4, 0.5) is 5.82 Å². The summed E-state index contributed by atoms with van der Waals surface area (Å²) in [5.74, 6) is 1.56. The van der Waals surface area contributed by atoms with Gasteiger partial charge in [0.2, 0.25) is 5.28 Å². The van der Waals surface area contributed by atoms with Gasteiger partial charge in [0.1, 0.15) is 5.82 Å². The molecule has 0 amide bonds. The lowest BCUT2D eigenvalue weighted by atomic mass is 10.2. The highest BCUT2D eigenvalue weighted by Gasteiger charge is 2.36. The quantitative estimate of drug-likeness (QED) is 0.820. The maximum absolute atomic E-state index is 5.87. The van der Waals surface area contributed by atoms with Gasteiger partial charge in [-0.2, -0.15) is 15.1 Å². The molecule has 0 aromatic carbocycles. The van der Waals surface area contributed by atoms with Gasteiger partial charge in [-0.25, -0.2) is 0 Å². The monoisotopic (exact) mass is 251 g/mol. The molecule has 2 aromatic heterocycles. The Morgan fingerprint density at radius 2 is 2.41 bits per heavy atom. The zero-order chi connectivity index (χ0) is 11.8. The van der Waals surface area contributed by atoms with Crippen molar-refractivity contribution < 1.29 is 0 Å². The summed E-state index contributed by atoms with van der Waals surface area (Å²) in [6.07, 6.45) is 5.44. The van der Waals surface area contributed by atoms with E-state index in [-0.39, 0.29) is 5.28 Å². The van der Waals surface area contributed by atoms with Crippen LogP contribution < -0.4 is 5.32 Å². The Labute approximate surface area is 104 Å². The normalized spacial score (nSPS) is 22.9. The third kappa shape index (κ3) is 2.07. The second-order valence-corrected chi connectivity index (χ2v) is 4.85. The zero-order valence-electron chi connectivity index (χ0n) is 9.57. The number of fused-ring (bicyclic) bond motifs is 1. The molecule has 2 atom stereocenters. The molecule has 2 unspecified atom stereocenters. The molecule has 2 aromatic rings. The largest absolute Gasteiger partial charge is 0.366 e. The molecular weight excluding hydrogens is 238 g/mol. The molecule has 0 radical (unpaired) electrons. The van der Waals surface area contributed by atoms with Crippen LogP contribution in [0.15, 0.2) is 6.20 Å². The number of rotatable bonds is 4. The Bertz CT molecular complexity index is 538. The minimum Gasteiger partial charge on any atom is -0.366 e. The van der Waals surface area contributed by atoms with Crippen LogP contribution >= 0.6 is 11.6 Å². The van der Waals surface area contributed by atoms with Gasteiger partial charge in [-0.1, -0.05) is 13.3 Å². The molecule has 2 heterocycles. The fourth-order valence-corrected chi connectivity index (χ4v) is 2.38. The molecule has 0 aliphatic heterocycles. The number of nitrogens with zero attached hydrogens (tertiary/aromatic N) is 3. The van der Waals surface area contributed by atoms with Gasteiger partial charge in [0, 0.05) is 6.04 Å². The highest BCUT2D eigenvalue weighted by molar-refractivity contribution is 6.28. The summed E-state index contributed by atoms with van der Waals surface area (Å²) in [5, 5.41) is 11.3. The predicted molar refractivity (Wildman–Crippen MR) is 67.1 cm³/mol. The lowest BCUT2D eigenvalue weighted by Crippen LogP contribution is -2.07. The van der Waals surface area contributed by atoms with Gasteiger partial charge in [-0.3, -0.25) is 5.10 Å². The van der Waals surface area contributed by atoms with Gasteiger partial charge < -0.3 is 5.32 Å². The molecule has 17 heavy (non-hydrogen) atoms. The molecule has 2 N–H and O–H groups in total. The standard InChI is InChI=1S/C11H14ClN5/c1-2-3-6-4-8(6)14-9-7-5-13-17-10(7)16-11(12)15-9/h5-6,8H,2-4H2,1H3,(H2,13,14,15,16,17). The van der Waals surface area contributed by atoms with Gasteiger partial charge in [-0.05, 0) is 30.4 Å². The van der Waals surface area contributed by atoms with Crippen LogP contribution in [0.5, 0.6) is 0 Å². The fourth-order valence-electron chi connectivity index (χ4n) is 2.21. The van der Waals surface area contributed by atoms with Crippen LogP contribution in [0.1, 0.15) is 26.2 Å². The first-order valence-electron chi connectivity index (χ1n) is 5.91. The number of halogens is 1. The maximum atomic E-state index is 5.87. The summed E-state index contributed by atoms with van der Waals surface area (Å²) in [7, 11) is 0. The molecule has 1 aliphatic rings. The van der Waals surface area contributed by atoms with Crippen molar-refractivity contribution in [2.75, 3.05) is 5.32 Å². The minimum atomic E-state index is 0.247. The number of anilines is 1. The Hall–Kier alpha value is -1.36. The lowest BCUT2D eigenvalue weighted by Gasteiger charge is -2.05. The van der Waals surface area contributed by atoms with Crippen molar-refractivity contribution in [2.24, 2.45) is 5.92 Å². The molecule has 0 spiro atoms. The van der Waals surface area contributed by atoms with Crippen molar-refractivity contribution in [3.8, 4) is 0 Å². The van der Waals surface area contributed by atoms with Crippen LogP contribution in [0.25, 0.3) is 11.0 Å². The molecule has 1 fully saturated rings. The lowest BCUT2D eigenvalue weighted by molar-refractivity contribution is 0.692. The summed E-state index contributed by atoms with van der Waals surface area (Å²) in [6.45, 7) is 2.21. The van der Waals surface area contributed by atoms with Crippen molar-refractivity contribution in [1.29, 1.82) is 0 Å². The smallest absolute Gasteiger partial charge is 0.226 e. The molecule has 90 valence electrons. The first-order chi connectivity index (χ1) is 8.28. The summed E-state index contributed by atoms with van der Waals surface area (Å²) in [4.78, 5) is 8.31. The van der Waals surface area contributed by atoms with Crippen molar-refractivity contribution in [3.05, 3.63) is 11.5 Å². The van der Waals surface area contributed by atoms with E-state index in [1.165, 1.54) is 19.3 Å². The summed E-state index contributed by atoms with van der Waals surface area (Å²) in [5.41, 5.74) is 0.681. The highest BCUT2D eigenvalue weighted by atomic mass is 35.5. The minimum absolute atomic E-state index is 0.247. The van der Waals surface area contributed by atoms with Gasteiger partial charge in [-0.15, -0.1) is 0 Å². The van der Waals surface area contributed by atoms with E-state index in [4.69, 9.17) is 11.6 Å².